The Hall–Kier alpha value is -0.750. The van der Waals surface area contributed by atoms with Crippen molar-refractivity contribution >= 4 is 24.5 Å². The van der Waals surface area contributed by atoms with Crippen LogP contribution in [-0.2, 0) is 9.59 Å². The first kappa shape index (κ1) is 18.2. The van der Waals surface area contributed by atoms with Gasteiger partial charge in [0.1, 0.15) is 6.54 Å². The van der Waals surface area contributed by atoms with Crippen molar-refractivity contribution in [2.24, 2.45) is 5.73 Å². The number of carboxylic acid groups (broad SMARTS) is 1. The SMILES string of the molecule is CCCCCCCCN(CC(=O)O)C(=O)C(N)CS. The van der Waals surface area contributed by atoms with E-state index in [1.165, 1.54) is 24.2 Å². The van der Waals surface area contributed by atoms with Gasteiger partial charge in [0, 0.05) is 12.3 Å². The summed E-state index contributed by atoms with van der Waals surface area (Å²) in [6.07, 6.45) is 6.57. The second-order valence-corrected chi connectivity index (χ2v) is 5.08. The number of thiol groups is 1. The van der Waals surface area contributed by atoms with E-state index in [4.69, 9.17) is 10.8 Å². The van der Waals surface area contributed by atoms with E-state index in [9.17, 15) is 9.59 Å². The molecule has 5 nitrogen and oxygen atoms in total. The molecule has 1 unspecified atom stereocenters. The van der Waals surface area contributed by atoms with Gasteiger partial charge in [-0.3, -0.25) is 9.59 Å². The summed E-state index contributed by atoms with van der Waals surface area (Å²) in [5, 5.41) is 8.81. The molecule has 19 heavy (non-hydrogen) atoms. The van der Waals surface area contributed by atoms with Crippen LogP contribution in [0.25, 0.3) is 0 Å². The topological polar surface area (TPSA) is 83.6 Å². The molecule has 0 rings (SSSR count). The Labute approximate surface area is 120 Å². The van der Waals surface area contributed by atoms with Crippen molar-refractivity contribution in [1.29, 1.82) is 0 Å². The lowest BCUT2D eigenvalue weighted by molar-refractivity contribution is -0.144. The van der Waals surface area contributed by atoms with Gasteiger partial charge >= 0.3 is 5.97 Å². The van der Waals surface area contributed by atoms with E-state index in [0.29, 0.717) is 6.54 Å². The lowest BCUT2D eigenvalue weighted by Crippen LogP contribution is -2.47. The van der Waals surface area contributed by atoms with Gasteiger partial charge in [0.15, 0.2) is 0 Å². The fourth-order valence-electron chi connectivity index (χ4n) is 1.83. The number of rotatable bonds is 11. The maximum Gasteiger partial charge on any atom is 0.323 e. The van der Waals surface area contributed by atoms with Crippen molar-refractivity contribution in [2.45, 2.75) is 51.5 Å². The normalized spacial score (nSPS) is 12.2. The average Bonchev–Trinajstić information content (AvgIpc) is 2.39. The molecule has 0 saturated carbocycles. The molecule has 0 aromatic carbocycles. The van der Waals surface area contributed by atoms with Crippen LogP contribution in [0.1, 0.15) is 45.4 Å². The summed E-state index contributed by atoms with van der Waals surface area (Å²) in [7, 11) is 0. The van der Waals surface area contributed by atoms with Crippen molar-refractivity contribution < 1.29 is 14.7 Å². The number of carboxylic acids is 1. The second kappa shape index (κ2) is 11.1. The molecular weight excluding hydrogens is 264 g/mol. The molecule has 0 bridgehead atoms. The largest absolute Gasteiger partial charge is 0.480 e. The molecule has 1 amide bonds. The summed E-state index contributed by atoms with van der Waals surface area (Å²) in [4.78, 5) is 23.9. The fraction of sp³-hybridized carbons (Fsp3) is 0.846. The minimum atomic E-state index is -1.01. The molecule has 0 saturated heterocycles. The van der Waals surface area contributed by atoms with Crippen LogP contribution < -0.4 is 5.73 Å². The van der Waals surface area contributed by atoms with Crippen molar-refractivity contribution in [1.82, 2.24) is 4.90 Å². The second-order valence-electron chi connectivity index (χ2n) is 4.71. The van der Waals surface area contributed by atoms with Gasteiger partial charge in [-0.05, 0) is 6.42 Å². The first-order valence-corrected chi connectivity index (χ1v) is 7.53. The van der Waals surface area contributed by atoms with Crippen molar-refractivity contribution in [3.05, 3.63) is 0 Å². The number of carbonyl (C=O) groups excluding carboxylic acids is 1. The van der Waals surface area contributed by atoms with Crippen molar-refractivity contribution in [2.75, 3.05) is 18.8 Å². The summed E-state index contributed by atoms with van der Waals surface area (Å²) < 4.78 is 0. The highest BCUT2D eigenvalue weighted by Crippen LogP contribution is 2.07. The molecule has 0 heterocycles. The zero-order valence-electron chi connectivity index (χ0n) is 11.7. The Morgan fingerprint density at radius 1 is 1.21 bits per heavy atom. The van der Waals surface area contributed by atoms with Gasteiger partial charge in [0.25, 0.3) is 0 Å². The number of nitrogens with two attached hydrogens (primary N) is 1. The van der Waals surface area contributed by atoms with Crippen LogP contribution in [0.2, 0.25) is 0 Å². The monoisotopic (exact) mass is 290 g/mol. The van der Waals surface area contributed by atoms with Gasteiger partial charge in [-0.2, -0.15) is 12.6 Å². The Kier molecular flexibility index (Phi) is 10.7. The molecule has 0 aliphatic carbocycles. The minimum absolute atomic E-state index is 0.228. The third-order valence-corrected chi connectivity index (χ3v) is 3.33. The van der Waals surface area contributed by atoms with Crippen molar-refractivity contribution in [3.63, 3.8) is 0 Å². The van der Waals surface area contributed by atoms with E-state index in [0.717, 1.165) is 19.3 Å². The predicted octanol–water partition coefficient (Wildman–Crippen LogP) is 1.52. The van der Waals surface area contributed by atoms with E-state index in [1.807, 2.05) is 0 Å². The van der Waals surface area contributed by atoms with Crippen LogP contribution in [0.3, 0.4) is 0 Å². The first-order valence-electron chi connectivity index (χ1n) is 6.90. The molecule has 0 spiro atoms. The smallest absolute Gasteiger partial charge is 0.323 e. The molecule has 1 atom stereocenters. The van der Waals surface area contributed by atoms with Gasteiger partial charge in [-0.1, -0.05) is 39.0 Å². The third kappa shape index (κ3) is 8.88. The molecule has 0 aromatic rings. The van der Waals surface area contributed by atoms with Crippen LogP contribution in [0.15, 0.2) is 0 Å². The Morgan fingerprint density at radius 3 is 2.32 bits per heavy atom. The molecular formula is C13H26N2O3S. The highest BCUT2D eigenvalue weighted by molar-refractivity contribution is 7.80. The zero-order valence-corrected chi connectivity index (χ0v) is 12.6. The molecule has 112 valence electrons. The first-order chi connectivity index (χ1) is 9.02. The van der Waals surface area contributed by atoms with E-state index in [-0.39, 0.29) is 18.2 Å². The average molecular weight is 290 g/mol. The number of aliphatic carboxylic acids is 1. The summed E-state index contributed by atoms with van der Waals surface area (Å²) in [5.41, 5.74) is 5.60. The number of unbranched alkanes of at least 4 members (excludes halogenated alkanes) is 5. The maximum absolute atomic E-state index is 11.9. The Balaban J connectivity index is 4.06. The van der Waals surface area contributed by atoms with Crippen molar-refractivity contribution in [3.8, 4) is 0 Å². The summed E-state index contributed by atoms with van der Waals surface area (Å²) in [6.45, 7) is 2.33. The molecule has 0 aliphatic rings. The van der Waals surface area contributed by atoms with E-state index in [1.54, 1.807) is 0 Å². The standard InChI is InChI=1S/C13H26N2O3S/c1-2-3-4-5-6-7-8-15(9-12(16)17)13(18)11(14)10-19/h11,19H,2-10,14H2,1H3,(H,16,17). The highest BCUT2D eigenvalue weighted by atomic mass is 32.1. The summed E-state index contributed by atoms with van der Waals surface area (Å²) >= 11 is 3.97. The lowest BCUT2D eigenvalue weighted by Gasteiger charge is -2.23. The summed E-state index contributed by atoms with van der Waals surface area (Å²) in [6, 6.07) is -0.720. The van der Waals surface area contributed by atoms with Gasteiger partial charge in [0.2, 0.25) is 5.91 Å². The van der Waals surface area contributed by atoms with Crippen LogP contribution in [0.5, 0.6) is 0 Å². The number of amides is 1. The van der Waals surface area contributed by atoms with E-state index in [2.05, 4.69) is 19.6 Å². The number of carbonyl (C=O) groups is 2. The number of hydrogen-bond donors (Lipinski definition) is 3. The molecule has 0 aliphatic heterocycles. The fourth-order valence-corrected chi connectivity index (χ4v) is 1.98. The molecule has 6 heteroatoms. The minimum Gasteiger partial charge on any atom is -0.480 e. The number of hydrogen-bond acceptors (Lipinski definition) is 4. The van der Waals surface area contributed by atoms with E-state index >= 15 is 0 Å². The van der Waals surface area contributed by atoms with Crippen LogP contribution in [0.4, 0.5) is 0 Å². The summed E-state index contributed by atoms with van der Waals surface area (Å²) in [5.74, 6) is -1.11. The van der Waals surface area contributed by atoms with Gasteiger partial charge in [-0.25, -0.2) is 0 Å². The quantitative estimate of drug-likeness (QED) is 0.398. The molecule has 0 radical (unpaired) electrons. The third-order valence-electron chi connectivity index (χ3n) is 2.93. The number of nitrogens with zero attached hydrogens (tertiary/aromatic N) is 1. The van der Waals surface area contributed by atoms with Gasteiger partial charge in [0.05, 0.1) is 6.04 Å². The predicted molar refractivity (Wildman–Crippen MR) is 79.4 cm³/mol. The van der Waals surface area contributed by atoms with Crippen LogP contribution in [-0.4, -0.2) is 46.8 Å². The lowest BCUT2D eigenvalue weighted by atomic mass is 10.1. The van der Waals surface area contributed by atoms with Gasteiger partial charge < -0.3 is 15.7 Å². The highest BCUT2D eigenvalue weighted by Gasteiger charge is 2.21. The molecule has 0 aromatic heterocycles. The van der Waals surface area contributed by atoms with Crippen LogP contribution in [0, 0.1) is 0 Å². The Morgan fingerprint density at radius 2 is 1.79 bits per heavy atom. The van der Waals surface area contributed by atoms with Crippen LogP contribution >= 0.6 is 12.6 Å². The molecule has 0 fully saturated rings. The zero-order chi connectivity index (χ0) is 14.7. The molecule has 3 N–H and O–H groups in total. The maximum atomic E-state index is 11.9. The Bertz CT molecular complexity index is 275. The van der Waals surface area contributed by atoms with Gasteiger partial charge in [-0.15, -0.1) is 0 Å². The van der Waals surface area contributed by atoms with E-state index < -0.39 is 12.0 Å².